The van der Waals surface area contributed by atoms with Gasteiger partial charge in [0.2, 0.25) is 6.23 Å². The molecular weight excluding hydrogens is 444 g/mol. The molecule has 4 heterocycles. The van der Waals surface area contributed by atoms with Gasteiger partial charge in [-0.3, -0.25) is 4.79 Å². The summed E-state index contributed by atoms with van der Waals surface area (Å²) in [6.07, 6.45) is 6.45. The van der Waals surface area contributed by atoms with E-state index >= 15 is 0 Å². The van der Waals surface area contributed by atoms with E-state index in [4.69, 9.17) is 4.74 Å². The smallest absolute Gasteiger partial charge is 0.363 e. The summed E-state index contributed by atoms with van der Waals surface area (Å²) in [7, 11) is 0. The number of anilines is 1. The van der Waals surface area contributed by atoms with E-state index < -0.39 is 12.3 Å². The molecule has 9 heteroatoms. The first-order valence-electron chi connectivity index (χ1n) is 11.6. The van der Waals surface area contributed by atoms with Crippen LogP contribution in [0.2, 0.25) is 0 Å². The van der Waals surface area contributed by atoms with Crippen LogP contribution in [0, 0.1) is 0 Å². The summed E-state index contributed by atoms with van der Waals surface area (Å²) in [5.74, 6) is 0.0632. The summed E-state index contributed by atoms with van der Waals surface area (Å²) in [4.78, 5) is 34.7. The molecule has 1 atom stereocenters. The van der Waals surface area contributed by atoms with Crippen molar-refractivity contribution in [1.29, 1.82) is 0 Å². The molecule has 0 radical (unpaired) electrons. The first-order chi connectivity index (χ1) is 17.0. The van der Waals surface area contributed by atoms with Crippen molar-refractivity contribution in [2.45, 2.75) is 32.9 Å². The summed E-state index contributed by atoms with van der Waals surface area (Å²) < 4.78 is 5.40. The molecule has 1 saturated heterocycles. The van der Waals surface area contributed by atoms with Gasteiger partial charge >= 0.3 is 6.03 Å². The van der Waals surface area contributed by atoms with Crippen LogP contribution in [0.4, 0.5) is 10.5 Å². The maximum absolute atomic E-state index is 12.8. The van der Waals surface area contributed by atoms with Crippen molar-refractivity contribution in [1.82, 2.24) is 14.9 Å². The number of benzene rings is 1. The summed E-state index contributed by atoms with van der Waals surface area (Å²) in [6.45, 7) is 5.46. The van der Waals surface area contributed by atoms with Crippen LogP contribution in [0.25, 0.3) is 22.3 Å². The fraction of sp³-hybridized carbons (Fsp3) is 0.269. The topological polar surface area (TPSA) is 112 Å². The fourth-order valence-corrected chi connectivity index (χ4v) is 4.17. The van der Waals surface area contributed by atoms with E-state index in [1.807, 2.05) is 61.2 Å². The molecule has 1 aromatic carbocycles. The maximum atomic E-state index is 12.8. The molecule has 3 aromatic rings. The number of rotatable bonds is 4. The Labute approximate surface area is 202 Å². The van der Waals surface area contributed by atoms with Gasteiger partial charge in [0.1, 0.15) is 5.65 Å². The number of hydrogen-bond acceptors (Lipinski definition) is 5. The predicted molar refractivity (Wildman–Crippen MR) is 133 cm³/mol. The first-order valence-corrected chi connectivity index (χ1v) is 11.6. The quantitative estimate of drug-likeness (QED) is 0.479. The number of aromatic amines is 1. The molecule has 35 heavy (non-hydrogen) atoms. The lowest BCUT2D eigenvalue weighted by Crippen LogP contribution is -2.27. The number of ether oxygens (including phenoxy) is 1. The van der Waals surface area contributed by atoms with Crippen molar-refractivity contribution >= 4 is 28.7 Å². The zero-order valence-corrected chi connectivity index (χ0v) is 19.6. The number of pyridine rings is 1. The van der Waals surface area contributed by atoms with Crippen LogP contribution in [0.1, 0.15) is 37.0 Å². The van der Waals surface area contributed by atoms with Crippen molar-refractivity contribution in [3.8, 4) is 11.3 Å². The Kier molecular flexibility index (Phi) is 6.13. The van der Waals surface area contributed by atoms with Crippen LogP contribution in [-0.4, -0.2) is 46.1 Å². The van der Waals surface area contributed by atoms with E-state index in [0.29, 0.717) is 16.9 Å². The second-order valence-corrected chi connectivity index (χ2v) is 8.73. The largest absolute Gasteiger partial charge is 0.471 e. The number of fused-ring (bicyclic) bond motifs is 1. The third-order valence-electron chi connectivity index (χ3n) is 6.31. The van der Waals surface area contributed by atoms with Crippen LogP contribution in [0.3, 0.4) is 0 Å². The zero-order valence-electron chi connectivity index (χ0n) is 19.6. The molecule has 178 valence electrons. The monoisotopic (exact) mass is 470 g/mol. The number of urea groups is 1. The normalized spacial score (nSPS) is 17.9. The minimum absolute atomic E-state index is 0.0632. The summed E-state index contributed by atoms with van der Waals surface area (Å²) >= 11 is 0. The number of likely N-dealkylation sites (tertiary alicyclic amines) is 1. The first kappa shape index (κ1) is 22.5. The van der Waals surface area contributed by atoms with Gasteiger partial charge in [0.25, 0.3) is 5.91 Å². The molecule has 9 nitrogen and oxygen atoms in total. The van der Waals surface area contributed by atoms with Crippen LogP contribution in [0.5, 0.6) is 0 Å². The minimum atomic E-state index is -0.612. The lowest BCUT2D eigenvalue weighted by molar-refractivity contribution is 0.0793. The number of H-pyrrole nitrogens is 1. The van der Waals surface area contributed by atoms with Gasteiger partial charge in [-0.25, -0.2) is 9.78 Å². The summed E-state index contributed by atoms with van der Waals surface area (Å²) in [6, 6.07) is 10.7. The number of azo groups is 1. The SMILES string of the molecule is CC1=C(C)C(N=NC(=O)Nc2cnc3[nH]c(-c4cccc(C(=O)N5CCCC5)c4)cc3c2)OC=C1. The van der Waals surface area contributed by atoms with E-state index in [1.165, 1.54) is 0 Å². The molecule has 2 aliphatic rings. The Morgan fingerprint density at radius 2 is 2.00 bits per heavy atom. The highest BCUT2D eigenvalue weighted by Crippen LogP contribution is 2.26. The van der Waals surface area contributed by atoms with Crippen molar-refractivity contribution < 1.29 is 14.3 Å². The average molecular weight is 471 g/mol. The Morgan fingerprint density at radius 1 is 1.17 bits per heavy atom. The molecule has 2 aliphatic heterocycles. The second-order valence-electron chi connectivity index (χ2n) is 8.73. The Bertz CT molecular complexity index is 1380. The zero-order chi connectivity index (χ0) is 24.4. The number of nitrogens with one attached hydrogen (secondary N) is 2. The molecule has 1 unspecified atom stereocenters. The molecule has 2 N–H and O–H groups in total. The minimum Gasteiger partial charge on any atom is -0.471 e. The summed E-state index contributed by atoms with van der Waals surface area (Å²) in [5, 5.41) is 11.2. The fourth-order valence-electron chi connectivity index (χ4n) is 4.17. The average Bonchev–Trinajstić information content (AvgIpc) is 3.55. The highest BCUT2D eigenvalue weighted by molar-refractivity contribution is 5.96. The highest BCUT2D eigenvalue weighted by atomic mass is 16.5. The number of hydrogen-bond donors (Lipinski definition) is 2. The Balaban J connectivity index is 1.30. The molecule has 0 saturated carbocycles. The Hall–Kier alpha value is -4.27. The number of amides is 3. The van der Waals surface area contributed by atoms with Gasteiger partial charge in [-0.05, 0) is 73.7 Å². The van der Waals surface area contributed by atoms with Crippen LogP contribution >= 0.6 is 0 Å². The third-order valence-corrected chi connectivity index (χ3v) is 6.31. The molecule has 0 aliphatic carbocycles. The second kappa shape index (κ2) is 9.54. The molecular formula is C26H26N6O3. The molecule has 3 amide bonds. The lowest BCUT2D eigenvalue weighted by Gasteiger charge is -2.17. The van der Waals surface area contributed by atoms with Crippen molar-refractivity contribution in [3.05, 3.63) is 71.6 Å². The van der Waals surface area contributed by atoms with Gasteiger partial charge < -0.3 is 19.9 Å². The van der Waals surface area contributed by atoms with E-state index in [0.717, 1.165) is 53.7 Å². The van der Waals surface area contributed by atoms with Gasteiger partial charge in [-0.15, -0.1) is 5.11 Å². The molecule has 0 bridgehead atoms. The van der Waals surface area contributed by atoms with Crippen molar-refractivity contribution in [2.24, 2.45) is 10.2 Å². The van der Waals surface area contributed by atoms with E-state index in [9.17, 15) is 9.59 Å². The summed E-state index contributed by atoms with van der Waals surface area (Å²) in [5.41, 5.74) is 5.52. The Morgan fingerprint density at radius 3 is 2.83 bits per heavy atom. The van der Waals surface area contributed by atoms with E-state index in [-0.39, 0.29) is 5.91 Å². The van der Waals surface area contributed by atoms with Crippen molar-refractivity contribution in [2.75, 3.05) is 18.4 Å². The molecule has 5 rings (SSSR count). The van der Waals surface area contributed by atoms with Crippen LogP contribution < -0.4 is 5.32 Å². The standard InChI is InChI=1S/C26H26N6O3/c1-16-8-11-35-24(17(16)2)30-31-26(34)28-21-13-20-14-22(29-23(20)27-15-21)18-6-5-7-19(12-18)25(33)32-9-3-4-10-32/h5-8,11-15,24H,3-4,9-10H2,1-2H3,(H,27,29)(H,28,34). The van der Waals surface area contributed by atoms with Gasteiger partial charge in [-0.2, -0.15) is 0 Å². The maximum Gasteiger partial charge on any atom is 0.363 e. The number of allylic oxidation sites excluding steroid dienone is 2. The van der Waals surface area contributed by atoms with Gasteiger partial charge in [-0.1, -0.05) is 17.2 Å². The molecule has 0 spiro atoms. The van der Waals surface area contributed by atoms with E-state index in [2.05, 4.69) is 25.5 Å². The number of aromatic nitrogens is 2. The predicted octanol–water partition coefficient (Wildman–Crippen LogP) is 5.66. The van der Waals surface area contributed by atoms with Crippen LogP contribution in [0.15, 0.2) is 76.3 Å². The van der Waals surface area contributed by atoms with Gasteiger partial charge in [0, 0.05) is 29.7 Å². The molecule has 1 fully saturated rings. The number of carbonyl (C=O) groups excluding carboxylic acids is 2. The number of nitrogens with zero attached hydrogens (tertiary/aromatic N) is 4. The molecule has 2 aromatic heterocycles. The van der Waals surface area contributed by atoms with Crippen molar-refractivity contribution in [3.63, 3.8) is 0 Å². The van der Waals surface area contributed by atoms with Gasteiger partial charge in [0.15, 0.2) is 0 Å². The third kappa shape index (κ3) is 4.84. The van der Waals surface area contributed by atoms with E-state index in [1.54, 1.807) is 12.5 Å². The van der Waals surface area contributed by atoms with Gasteiger partial charge in [0.05, 0.1) is 18.1 Å². The highest BCUT2D eigenvalue weighted by Gasteiger charge is 2.20. The lowest BCUT2D eigenvalue weighted by atomic mass is 10.1. The van der Waals surface area contributed by atoms with Crippen LogP contribution in [-0.2, 0) is 4.74 Å². The number of carbonyl (C=O) groups is 2.